The molecule has 0 aromatic rings. The second kappa shape index (κ2) is 7.15. The molecule has 80 valence electrons. The van der Waals surface area contributed by atoms with Crippen LogP contribution in [0.25, 0.3) is 0 Å². The lowest BCUT2D eigenvalue weighted by Crippen LogP contribution is -2.37. The maximum atomic E-state index is 11.3. The largest absolute Gasteiger partial charge is 0.445 e. The molecule has 1 atom stereocenters. The molecular weight excluding hydrogens is 182 g/mol. The molecule has 1 N–H and O–H groups in total. The summed E-state index contributed by atoms with van der Waals surface area (Å²) in [6.07, 6.45) is 2.03. The highest BCUT2D eigenvalue weighted by Crippen LogP contribution is 1.97. The summed E-state index contributed by atoms with van der Waals surface area (Å²) in [5.41, 5.74) is 0. The molecular formula is C10H17NO3. The van der Waals surface area contributed by atoms with Gasteiger partial charge in [0.1, 0.15) is 6.61 Å². The minimum atomic E-state index is -0.578. The van der Waals surface area contributed by atoms with Crippen molar-refractivity contribution in [3.05, 3.63) is 25.3 Å². The van der Waals surface area contributed by atoms with E-state index in [4.69, 9.17) is 9.84 Å². The Morgan fingerprint density at radius 3 is 2.64 bits per heavy atom. The topological polar surface area (TPSA) is 49.8 Å². The highest BCUT2D eigenvalue weighted by atomic mass is 16.6. The normalized spacial score (nSPS) is 11.6. The van der Waals surface area contributed by atoms with E-state index in [1.165, 1.54) is 11.0 Å². The van der Waals surface area contributed by atoms with Crippen molar-refractivity contribution in [3.8, 4) is 0 Å². The quantitative estimate of drug-likeness (QED) is 0.653. The van der Waals surface area contributed by atoms with E-state index in [9.17, 15) is 4.79 Å². The van der Waals surface area contributed by atoms with Gasteiger partial charge in [0.15, 0.2) is 0 Å². The maximum Gasteiger partial charge on any atom is 0.410 e. The van der Waals surface area contributed by atoms with E-state index in [0.717, 1.165) is 0 Å². The Balaban J connectivity index is 4.09. The number of rotatable bonds is 6. The summed E-state index contributed by atoms with van der Waals surface area (Å²) >= 11 is 0. The van der Waals surface area contributed by atoms with Gasteiger partial charge in [0.25, 0.3) is 0 Å². The minimum absolute atomic E-state index is 0.173. The Hall–Kier alpha value is -1.29. The third kappa shape index (κ3) is 5.37. The van der Waals surface area contributed by atoms with E-state index in [2.05, 4.69) is 13.2 Å². The molecule has 0 aliphatic heterocycles. The van der Waals surface area contributed by atoms with Crippen LogP contribution in [0.3, 0.4) is 0 Å². The fraction of sp³-hybridized carbons (Fsp3) is 0.500. The molecule has 0 heterocycles. The van der Waals surface area contributed by atoms with Gasteiger partial charge in [-0.15, -0.1) is 6.58 Å². The zero-order chi connectivity index (χ0) is 11.0. The number of carbonyl (C=O) groups excluding carboxylic acids is 1. The Morgan fingerprint density at radius 2 is 2.21 bits per heavy atom. The number of aliphatic hydroxyl groups is 1. The number of hydrogen-bond donors (Lipinski definition) is 1. The van der Waals surface area contributed by atoms with Gasteiger partial charge >= 0.3 is 6.09 Å². The van der Waals surface area contributed by atoms with Gasteiger partial charge in [-0.2, -0.15) is 0 Å². The summed E-state index contributed by atoms with van der Waals surface area (Å²) < 4.78 is 4.82. The van der Waals surface area contributed by atoms with E-state index in [1.807, 2.05) is 0 Å². The van der Waals surface area contributed by atoms with Crippen LogP contribution in [0.5, 0.6) is 0 Å². The van der Waals surface area contributed by atoms with E-state index in [0.29, 0.717) is 6.54 Å². The van der Waals surface area contributed by atoms with Crippen LogP contribution in [0, 0.1) is 0 Å². The molecule has 14 heavy (non-hydrogen) atoms. The first-order valence-corrected chi connectivity index (χ1v) is 4.43. The van der Waals surface area contributed by atoms with Crippen molar-refractivity contribution in [2.45, 2.75) is 13.0 Å². The Morgan fingerprint density at radius 1 is 1.57 bits per heavy atom. The van der Waals surface area contributed by atoms with Gasteiger partial charge < -0.3 is 14.7 Å². The molecule has 0 fully saturated rings. The molecule has 0 saturated heterocycles. The first-order valence-electron chi connectivity index (χ1n) is 4.43. The standard InChI is InChI=1S/C10H17NO3/c1-4-6-11(8-9(3)12)10(13)14-7-5-2/h4-5,9,12H,1-2,6-8H2,3H3. The smallest absolute Gasteiger partial charge is 0.410 e. The van der Waals surface area contributed by atoms with Gasteiger partial charge in [-0.25, -0.2) is 4.79 Å². The van der Waals surface area contributed by atoms with Crippen LogP contribution in [-0.4, -0.2) is 41.9 Å². The molecule has 1 unspecified atom stereocenters. The van der Waals surface area contributed by atoms with Crippen LogP contribution in [0.15, 0.2) is 25.3 Å². The molecule has 0 aromatic carbocycles. The summed E-state index contributed by atoms with van der Waals surface area (Å²) in [6.45, 7) is 9.33. The monoisotopic (exact) mass is 199 g/mol. The van der Waals surface area contributed by atoms with Crippen molar-refractivity contribution in [2.75, 3.05) is 19.7 Å². The molecule has 0 radical (unpaired) electrons. The van der Waals surface area contributed by atoms with Crippen LogP contribution in [0.2, 0.25) is 0 Å². The van der Waals surface area contributed by atoms with Gasteiger partial charge in [0.2, 0.25) is 0 Å². The van der Waals surface area contributed by atoms with E-state index in [1.54, 1.807) is 13.0 Å². The van der Waals surface area contributed by atoms with Crippen LogP contribution < -0.4 is 0 Å². The zero-order valence-corrected chi connectivity index (χ0v) is 8.48. The maximum absolute atomic E-state index is 11.3. The highest BCUT2D eigenvalue weighted by Gasteiger charge is 2.14. The lowest BCUT2D eigenvalue weighted by Gasteiger charge is -2.21. The van der Waals surface area contributed by atoms with Crippen LogP contribution in [0.1, 0.15) is 6.92 Å². The molecule has 0 spiro atoms. The third-order valence-corrected chi connectivity index (χ3v) is 1.42. The Labute approximate surface area is 84.5 Å². The second-order valence-electron chi connectivity index (χ2n) is 2.91. The third-order valence-electron chi connectivity index (χ3n) is 1.42. The van der Waals surface area contributed by atoms with Gasteiger partial charge in [0, 0.05) is 13.1 Å². The van der Waals surface area contributed by atoms with Crippen molar-refractivity contribution >= 4 is 6.09 Å². The lowest BCUT2D eigenvalue weighted by atomic mass is 10.3. The van der Waals surface area contributed by atoms with Crippen LogP contribution >= 0.6 is 0 Å². The van der Waals surface area contributed by atoms with Crippen LogP contribution in [0.4, 0.5) is 4.79 Å². The van der Waals surface area contributed by atoms with Crippen molar-refractivity contribution in [1.29, 1.82) is 0 Å². The van der Waals surface area contributed by atoms with Crippen molar-refractivity contribution in [3.63, 3.8) is 0 Å². The predicted molar refractivity (Wildman–Crippen MR) is 55.0 cm³/mol. The fourth-order valence-corrected chi connectivity index (χ4v) is 0.920. The molecule has 0 aromatic heterocycles. The first kappa shape index (κ1) is 12.7. The number of amides is 1. The highest BCUT2D eigenvalue weighted by molar-refractivity contribution is 5.67. The molecule has 1 amide bonds. The van der Waals surface area contributed by atoms with Crippen molar-refractivity contribution < 1.29 is 14.6 Å². The Bertz CT molecular complexity index is 202. The van der Waals surface area contributed by atoms with Gasteiger partial charge in [-0.05, 0) is 6.92 Å². The number of hydrogen-bond acceptors (Lipinski definition) is 3. The van der Waals surface area contributed by atoms with E-state index >= 15 is 0 Å². The van der Waals surface area contributed by atoms with Crippen molar-refractivity contribution in [1.82, 2.24) is 4.90 Å². The Kier molecular flexibility index (Phi) is 6.49. The lowest BCUT2D eigenvalue weighted by molar-refractivity contribution is 0.0895. The SMILES string of the molecule is C=CCOC(=O)N(CC=C)CC(C)O. The van der Waals surface area contributed by atoms with Crippen LogP contribution in [-0.2, 0) is 4.74 Å². The number of nitrogens with zero attached hydrogens (tertiary/aromatic N) is 1. The molecule has 0 aliphatic rings. The fourth-order valence-electron chi connectivity index (χ4n) is 0.920. The number of ether oxygens (including phenoxy) is 1. The molecule has 0 aliphatic carbocycles. The van der Waals surface area contributed by atoms with Gasteiger partial charge in [-0.1, -0.05) is 18.7 Å². The summed E-state index contributed by atoms with van der Waals surface area (Å²) in [6, 6.07) is 0. The van der Waals surface area contributed by atoms with Crippen molar-refractivity contribution in [2.24, 2.45) is 0 Å². The summed E-state index contributed by atoms with van der Waals surface area (Å²) in [7, 11) is 0. The summed E-state index contributed by atoms with van der Waals surface area (Å²) in [5, 5.41) is 9.12. The first-order chi connectivity index (χ1) is 6.61. The van der Waals surface area contributed by atoms with Gasteiger partial charge in [0.05, 0.1) is 6.10 Å². The van der Waals surface area contributed by atoms with E-state index in [-0.39, 0.29) is 13.2 Å². The average molecular weight is 199 g/mol. The molecule has 0 rings (SSSR count). The van der Waals surface area contributed by atoms with E-state index < -0.39 is 12.2 Å². The number of carbonyl (C=O) groups is 1. The molecule has 0 bridgehead atoms. The summed E-state index contributed by atoms with van der Waals surface area (Å²) in [4.78, 5) is 12.7. The zero-order valence-electron chi connectivity index (χ0n) is 8.48. The summed E-state index contributed by atoms with van der Waals surface area (Å²) in [5.74, 6) is 0. The molecule has 4 nitrogen and oxygen atoms in total. The molecule has 0 saturated carbocycles. The minimum Gasteiger partial charge on any atom is -0.445 e. The molecule has 4 heteroatoms. The second-order valence-corrected chi connectivity index (χ2v) is 2.91. The average Bonchev–Trinajstić information content (AvgIpc) is 2.13. The van der Waals surface area contributed by atoms with Gasteiger partial charge in [-0.3, -0.25) is 0 Å². The predicted octanol–water partition coefficient (Wildman–Crippen LogP) is 1.18. The number of aliphatic hydroxyl groups excluding tert-OH is 1.